The molecule has 1 heterocycles. The maximum atomic E-state index is 3.94. The molecule has 0 aliphatic rings. The first-order chi connectivity index (χ1) is 6.65. The van der Waals surface area contributed by atoms with Crippen LogP contribution in [0.15, 0.2) is 22.9 Å². The molecule has 78 valence electrons. The molecule has 0 amide bonds. The Balaban J connectivity index is 2.63. The molecule has 0 saturated heterocycles. The number of hydrogen-bond acceptors (Lipinski definition) is 2. The van der Waals surface area contributed by atoms with Gasteiger partial charge in [-0.15, -0.1) is 6.58 Å². The van der Waals surface area contributed by atoms with Crippen molar-refractivity contribution >= 4 is 11.3 Å². The normalized spacial score (nSPS) is 12.8. The van der Waals surface area contributed by atoms with Crippen LogP contribution >= 0.6 is 11.3 Å². The van der Waals surface area contributed by atoms with Crippen LogP contribution in [-0.2, 0) is 0 Å². The summed E-state index contributed by atoms with van der Waals surface area (Å²) in [7, 11) is 2.03. The van der Waals surface area contributed by atoms with Gasteiger partial charge >= 0.3 is 0 Å². The molecule has 0 spiro atoms. The Labute approximate surface area is 90.9 Å². The summed E-state index contributed by atoms with van der Waals surface area (Å²) in [6.45, 7) is 8.21. The highest BCUT2D eigenvalue weighted by Crippen LogP contribution is 2.25. The molecule has 0 aliphatic heterocycles. The minimum absolute atomic E-state index is 0.484. The maximum Gasteiger partial charge on any atom is 0.0331 e. The average Bonchev–Trinajstić information content (AvgIpc) is 2.53. The van der Waals surface area contributed by atoms with Gasteiger partial charge in [-0.25, -0.2) is 0 Å². The van der Waals surface area contributed by atoms with E-state index in [4.69, 9.17) is 0 Å². The molecule has 0 saturated carbocycles. The fourth-order valence-electron chi connectivity index (χ4n) is 1.57. The number of nitrogens with one attached hydrogen (secondary N) is 1. The van der Waals surface area contributed by atoms with E-state index in [-0.39, 0.29) is 0 Å². The summed E-state index contributed by atoms with van der Waals surface area (Å²) in [4.78, 5) is 0. The first kappa shape index (κ1) is 11.5. The van der Waals surface area contributed by atoms with E-state index in [9.17, 15) is 0 Å². The molecule has 0 aliphatic carbocycles. The first-order valence-corrected chi connectivity index (χ1v) is 5.93. The van der Waals surface area contributed by atoms with Gasteiger partial charge < -0.3 is 5.32 Å². The van der Waals surface area contributed by atoms with E-state index >= 15 is 0 Å². The first-order valence-electron chi connectivity index (χ1n) is 4.99. The molecule has 1 rings (SSSR count). The van der Waals surface area contributed by atoms with Crippen LogP contribution in [0.5, 0.6) is 0 Å². The highest BCUT2D eigenvalue weighted by atomic mass is 32.1. The largest absolute Gasteiger partial charge is 0.313 e. The summed E-state index contributed by atoms with van der Waals surface area (Å²) in [5, 5.41) is 7.82. The molecule has 0 bridgehead atoms. The molecule has 14 heavy (non-hydrogen) atoms. The topological polar surface area (TPSA) is 12.0 Å². The number of rotatable bonds is 5. The molecule has 1 nitrogen and oxygen atoms in total. The Morgan fingerprint density at radius 2 is 2.29 bits per heavy atom. The minimum Gasteiger partial charge on any atom is -0.313 e. The molecule has 2 heteroatoms. The summed E-state index contributed by atoms with van der Waals surface area (Å²) < 4.78 is 0. The van der Waals surface area contributed by atoms with Gasteiger partial charge in [0, 0.05) is 6.04 Å². The van der Waals surface area contributed by atoms with Gasteiger partial charge in [0.1, 0.15) is 0 Å². The van der Waals surface area contributed by atoms with Crippen molar-refractivity contribution in [3.8, 4) is 0 Å². The third-order valence-electron chi connectivity index (χ3n) is 2.48. The third kappa shape index (κ3) is 2.96. The van der Waals surface area contributed by atoms with Crippen molar-refractivity contribution in [2.24, 2.45) is 0 Å². The van der Waals surface area contributed by atoms with Crippen LogP contribution in [0.25, 0.3) is 0 Å². The van der Waals surface area contributed by atoms with E-state index in [1.165, 1.54) is 16.7 Å². The van der Waals surface area contributed by atoms with Gasteiger partial charge in [0.15, 0.2) is 0 Å². The monoisotopic (exact) mass is 209 g/mol. The fourth-order valence-corrected chi connectivity index (χ4v) is 2.48. The molecule has 1 atom stereocenters. The zero-order chi connectivity index (χ0) is 10.6. The van der Waals surface area contributed by atoms with Gasteiger partial charge in [-0.2, -0.15) is 11.3 Å². The van der Waals surface area contributed by atoms with Crippen LogP contribution in [0, 0.1) is 6.92 Å². The lowest BCUT2D eigenvalue weighted by Gasteiger charge is -2.16. The lowest BCUT2D eigenvalue weighted by Crippen LogP contribution is -2.16. The summed E-state index contributed by atoms with van der Waals surface area (Å²) in [5.74, 6) is 0. The van der Waals surface area contributed by atoms with E-state index < -0.39 is 0 Å². The van der Waals surface area contributed by atoms with Crippen LogP contribution in [-0.4, -0.2) is 7.05 Å². The minimum atomic E-state index is 0.484. The van der Waals surface area contributed by atoms with Gasteiger partial charge in [-0.3, -0.25) is 0 Å². The predicted molar refractivity (Wildman–Crippen MR) is 64.9 cm³/mol. The van der Waals surface area contributed by atoms with E-state index in [0.29, 0.717) is 6.04 Å². The predicted octanol–water partition coefficient (Wildman–Crippen LogP) is 3.67. The molecule has 0 fully saturated rings. The third-order valence-corrected chi connectivity index (χ3v) is 3.36. The van der Waals surface area contributed by atoms with E-state index in [0.717, 1.165) is 12.8 Å². The van der Waals surface area contributed by atoms with Gasteiger partial charge in [-0.1, -0.05) is 5.57 Å². The fraction of sp³-hybridized carbons (Fsp3) is 0.500. The second-order valence-electron chi connectivity index (χ2n) is 3.85. The molecule has 0 aromatic carbocycles. The quantitative estimate of drug-likeness (QED) is 0.730. The van der Waals surface area contributed by atoms with Crippen molar-refractivity contribution in [3.05, 3.63) is 34.0 Å². The van der Waals surface area contributed by atoms with E-state index in [1.54, 1.807) is 11.3 Å². The number of aryl methyl sites for hydroxylation is 1. The smallest absolute Gasteiger partial charge is 0.0331 e. The molecule has 1 aromatic heterocycles. The van der Waals surface area contributed by atoms with Gasteiger partial charge in [0.25, 0.3) is 0 Å². The molecular weight excluding hydrogens is 190 g/mol. The lowest BCUT2D eigenvalue weighted by atomic mass is 10.00. The van der Waals surface area contributed by atoms with Gasteiger partial charge in [0.05, 0.1) is 0 Å². The Morgan fingerprint density at radius 1 is 1.57 bits per heavy atom. The Morgan fingerprint density at radius 3 is 2.71 bits per heavy atom. The van der Waals surface area contributed by atoms with Gasteiger partial charge in [0.2, 0.25) is 0 Å². The summed E-state index contributed by atoms with van der Waals surface area (Å²) in [5.41, 5.74) is 4.10. The lowest BCUT2D eigenvalue weighted by molar-refractivity contribution is 0.547. The molecule has 1 N–H and O–H groups in total. The second kappa shape index (κ2) is 5.32. The number of hydrogen-bond donors (Lipinski definition) is 1. The van der Waals surface area contributed by atoms with Crippen LogP contribution in [0.3, 0.4) is 0 Å². The van der Waals surface area contributed by atoms with Gasteiger partial charge in [-0.05, 0) is 55.6 Å². The van der Waals surface area contributed by atoms with Crippen molar-refractivity contribution in [1.29, 1.82) is 0 Å². The van der Waals surface area contributed by atoms with Crippen molar-refractivity contribution in [3.63, 3.8) is 0 Å². The number of thiophene rings is 1. The Bertz CT molecular complexity index is 301. The molecule has 1 aromatic rings. The van der Waals surface area contributed by atoms with Crippen LogP contribution in [0.1, 0.15) is 36.9 Å². The van der Waals surface area contributed by atoms with Crippen molar-refractivity contribution in [2.45, 2.75) is 32.7 Å². The van der Waals surface area contributed by atoms with Crippen molar-refractivity contribution in [1.82, 2.24) is 5.32 Å². The zero-order valence-corrected chi connectivity index (χ0v) is 10.1. The number of allylic oxidation sites excluding steroid dienone is 1. The SMILES string of the molecule is C=C(C)CCC(NC)c1cscc1C. The molecular formula is C12H19NS. The average molecular weight is 209 g/mol. The highest BCUT2D eigenvalue weighted by molar-refractivity contribution is 7.08. The molecule has 1 unspecified atom stereocenters. The van der Waals surface area contributed by atoms with Crippen molar-refractivity contribution in [2.75, 3.05) is 7.05 Å². The maximum absolute atomic E-state index is 3.94. The zero-order valence-electron chi connectivity index (χ0n) is 9.26. The van der Waals surface area contributed by atoms with Crippen LogP contribution in [0.2, 0.25) is 0 Å². The van der Waals surface area contributed by atoms with E-state index in [2.05, 4.69) is 36.5 Å². The van der Waals surface area contributed by atoms with Crippen molar-refractivity contribution < 1.29 is 0 Å². The summed E-state index contributed by atoms with van der Waals surface area (Å²) >= 11 is 1.78. The van der Waals surface area contributed by atoms with Crippen LogP contribution in [0.4, 0.5) is 0 Å². The van der Waals surface area contributed by atoms with Crippen LogP contribution < -0.4 is 5.32 Å². The highest BCUT2D eigenvalue weighted by Gasteiger charge is 2.11. The second-order valence-corrected chi connectivity index (χ2v) is 4.59. The Kier molecular flexibility index (Phi) is 4.36. The summed E-state index contributed by atoms with van der Waals surface area (Å²) in [6, 6.07) is 0.484. The molecule has 0 radical (unpaired) electrons. The Hall–Kier alpha value is -0.600. The standard InChI is InChI=1S/C12H19NS/c1-9(2)5-6-12(13-4)11-8-14-7-10(11)3/h7-8,12-13H,1,5-6H2,2-4H3. The summed E-state index contributed by atoms with van der Waals surface area (Å²) in [6.07, 6.45) is 2.24. The van der Waals surface area contributed by atoms with E-state index in [1.807, 2.05) is 7.05 Å².